The second-order valence-corrected chi connectivity index (χ2v) is 3.01. The van der Waals surface area contributed by atoms with E-state index in [2.05, 4.69) is 0 Å². The molecule has 0 aromatic rings. The summed E-state index contributed by atoms with van der Waals surface area (Å²) in [7, 11) is -1.73. The summed E-state index contributed by atoms with van der Waals surface area (Å²) in [5, 5.41) is 0. The van der Waals surface area contributed by atoms with Gasteiger partial charge in [-0.2, -0.15) is 0 Å². The monoisotopic (exact) mass is 155 g/mol. The fraction of sp³-hybridized carbons (Fsp3) is 1.00. The van der Waals surface area contributed by atoms with E-state index in [1.54, 1.807) is 0 Å². The summed E-state index contributed by atoms with van der Waals surface area (Å²) in [6, 6.07) is 0. The number of hydrogen-bond donors (Lipinski definition) is 3. The summed E-state index contributed by atoms with van der Waals surface area (Å²) in [4.78, 5) is 16.8. The van der Waals surface area contributed by atoms with Crippen LogP contribution in [0.5, 0.6) is 0 Å². The van der Waals surface area contributed by atoms with Gasteiger partial charge in [-0.1, -0.05) is 6.92 Å². The van der Waals surface area contributed by atoms with Crippen LogP contribution in [0.1, 0.15) is 6.92 Å². The maximum atomic E-state index is 8.42. The zero-order chi connectivity index (χ0) is 6.57. The highest BCUT2D eigenvalue weighted by molar-refractivity contribution is 7.45. The number of hydrogen-bond acceptors (Lipinski definition) is 3. The fourth-order valence-corrected chi connectivity index (χ4v) is 1.06. The highest BCUT2D eigenvalue weighted by atomic mass is 31.2. The van der Waals surface area contributed by atoms with Crippen molar-refractivity contribution in [3.05, 3.63) is 0 Å². The molecule has 1 atom stereocenters. The summed E-state index contributed by atoms with van der Waals surface area (Å²) < 4.78 is 0. The fourth-order valence-electron chi connectivity index (χ4n) is 0.353. The Morgan fingerprint density at radius 1 is 1.56 bits per heavy atom. The first-order chi connectivity index (χ1) is 3.66. The molecular weight excluding hydrogens is 141 g/mol. The molecule has 6 N–H and O–H groups in total. The predicted molar refractivity (Wildman–Crippen MR) is 38.1 cm³/mol. The zero-order valence-electron chi connectivity index (χ0n) is 5.41. The Balaban J connectivity index is 0. The van der Waals surface area contributed by atoms with Crippen LogP contribution >= 0.6 is 8.38 Å². The Hall–Kier alpha value is 0.270. The normalized spacial score (nSPS) is 13.0. The lowest BCUT2D eigenvalue weighted by molar-refractivity contribution is 0.468. The van der Waals surface area contributed by atoms with Crippen molar-refractivity contribution in [1.82, 2.24) is 0 Å². The highest BCUT2D eigenvalue weighted by Crippen LogP contribution is 2.25. The van der Waals surface area contributed by atoms with Gasteiger partial charge < -0.3 is 21.0 Å². The van der Waals surface area contributed by atoms with E-state index in [0.717, 1.165) is 0 Å². The molecule has 0 heterocycles. The molecule has 5 heteroatoms. The van der Waals surface area contributed by atoms with Gasteiger partial charge in [0.1, 0.15) is 0 Å². The van der Waals surface area contributed by atoms with E-state index < -0.39 is 8.38 Å². The lowest BCUT2D eigenvalue weighted by Gasteiger charge is -2.06. The molecule has 0 amide bonds. The molecule has 0 spiro atoms. The van der Waals surface area contributed by atoms with Crippen LogP contribution in [0.3, 0.4) is 0 Å². The molecule has 0 aliphatic rings. The summed E-state index contributed by atoms with van der Waals surface area (Å²) in [6.45, 7) is 2.42. The molecule has 0 aliphatic heterocycles. The summed E-state index contributed by atoms with van der Waals surface area (Å²) in [5.74, 6) is 0.233. The van der Waals surface area contributed by atoms with Crippen LogP contribution in [0.15, 0.2) is 0 Å². The van der Waals surface area contributed by atoms with Crippen molar-refractivity contribution < 1.29 is 15.3 Å². The van der Waals surface area contributed by atoms with E-state index in [0.29, 0.717) is 12.7 Å². The van der Waals surface area contributed by atoms with E-state index in [-0.39, 0.29) is 11.4 Å². The minimum absolute atomic E-state index is 0. The van der Waals surface area contributed by atoms with Gasteiger partial charge in [-0.15, -0.1) is 0 Å². The molecule has 0 aromatic heterocycles. The Kier molecular flexibility index (Phi) is 8.52. The lowest BCUT2D eigenvalue weighted by Crippen LogP contribution is -2.13. The molecule has 0 radical (unpaired) electrons. The predicted octanol–water partition coefficient (Wildman–Crippen LogP) is -0.947. The Morgan fingerprint density at radius 2 is 2.00 bits per heavy atom. The van der Waals surface area contributed by atoms with Crippen molar-refractivity contribution in [2.45, 2.75) is 6.92 Å². The van der Waals surface area contributed by atoms with Gasteiger partial charge in [0.2, 0.25) is 0 Å². The third-order valence-corrected chi connectivity index (χ3v) is 1.83. The standard InChI is InChI=1S/C4H12NO2P.H2O/c1-4(2-5)3-8(6)7;/h4,6-7H,2-3,5H2,1H3;1H2. The Labute approximate surface area is 55.9 Å². The first-order valence-corrected chi connectivity index (χ1v) is 3.95. The van der Waals surface area contributed by atoms with Crippen molar-refractivity contribution in [3.63, 3.8) is 0 Å². The van der Waals surface area contributed by atoms with E-state index in [1.807, 2.05) is 6.92 Å². The van der Waals surface area contributed by atoms with Crippen LogP contribution in [0.4, 0.5) is 0 Å². The first-order valence-electron chi connectivity index (χ1n) is 2.52. The molecule has 4 nitrogen and oxygen atoms in total. The summed E-state index contributed by atoms with van der Waals surface area (Å²) >= 11 is 0. The van der Waals surface area contributed by atoms with Crippen molar-refractivity contribution in [2.75, 3.05) is 12.7 Å². The van der Waals surface area contributed by atoms with E-state index in [9.17, 15) is 0 Å². The summed E-state index contributed by atoms with van der Waals surface area (Å²) in [5.41, 5.74) is 5.21. The van der Waals surface area contributed by atoms with Crippen LogP contribution in [-0.4, -0.2) is 28.0 Å². The SMILES string of the molecule is CC(CN)CP(O)O.O. The third-order valence-electron chi connectivity index (χ3n) is 0.877. The molecular formula is C4H14NO3P. The molecule has 0 saturated carbocycles. The van der Waals surface area contributed by atoms with Crippen molar-refractivity contribution in [1.29, 1.82) is 0 Å². The van der Waals surface area contributed by atoms with Gasteiger partial charge in [0.15, 0.2) is 8.38 Å². The van der Waals surface area contributed by atoms with Crippen LogP contribution in [-0.2, 0) is 0 Å². The molecule has 0 aromatic carbocycles. The highest BCUT2D eigenvalue weighted by Gasteiger charge is 2.04. The van der Waals surface area contributed by atoms with E-state index in [4.69, 9.17) is 15.5 Å². The maximum Gasteiger partial charge on any atom is 0.165 e. The topological polar surface area (TPSA) is 98.0 Å². The van der Waals surface area contributed by atoms with Crippen molar-refractivity contribution >= 4 is 8.38 Å². The zero-order valence-corrected chi connectivity index (χ0v) is 6.30. The molecule has 58 valence electrons. The molecule has 0 fully saturated rings. The number of rotatable bonds is 3. The second kappa shape index (κ2) is 6.39. The van der Waals surface area contributed by atoms with Crippen LogP contribution in [0.25, 0.3) is 0 Å². The number of nitrogens with two attached hydrogens (primary N) is 1. The molecule has 0 saturated heterocycles. The third kappa shape index (κ3) is 8.27. The van der Waals surface area contributed by atoms with Crippen LogP contribution in [0.2, 0.25) is 0 Å². The first kappa shape index (κ1) is 12.0. The largest absolute Gasteiger partial charge is 0.412 e. The van der Waals surface area contributed by atoms with Gasteiger partial charge in [0, 0.05) is 6.16 Å². The van der Waals surface area contributed by atoms with Crippen molar-refractivity contribution in [2.24, 2.45) is 11.7 Å². The molecule has 0 aliphatic carbocycles. The van der Waals surface area contributed by atoms with Gasteiger partial charge in [0.05, 0.1) is 0 Å². The van der Waals surface area contributed by atoms with Crippen molar-refractivity contribution in [3.8, 4) is 0 Å². The average Bonchev–Trinajstić information content (AvgIpc) is 1.65. The Bertz CT molecular complexity index is 61.8. The molecule has 1 unspecified atom stereocenters. The Morgan fingerprint density at radius 3 is 2.11 bits per heavy atom. The molecule has 9 heavy (non-hydrogen) atoms. The lowest BCUT2D eigenvalue weighted by atomic mass is 10.2. The van der Waals surface area contributed by atoms with Crippen LogP contribution in [0, 0.1) is 5.92 Å². The van der Waals surface area contributed by atoms with Gasteiger partial charge in [-0.05, 0) is 12.5 Å². The average molecular weight is 155 g/mol. The van der Waals surface area contributed by atoms with Crippen LogP contribution < -0.4 is 5.73 Å². The smallest absolute Gasteiger partial charge is 0.165 e. The minimum atomic E-state index is -1.73. The summed E-state index contributed by atoms with van der Waals surface area (Å²) in [6.07, 6.45) is 0.436. The minimum Gasteiger partial charge on any atom is -0.412 e. The van der Waals surface area contributed by atoms with Gasteiger partial charge >= 0.3 is 0 Å². The van der Waals surface area contributed by atoms with E-state index in [1.165, 1.54) is 0 Å². The molecule has 0 bridgehead atoms. The molecule has 0 rings (SSSR count). The van der Waals surface area contributed by atoms with Gasteiger partial charge in [0.25, 0.3) is 0 Å². The van der Waals surface area contributed by atoms with E-state index >= 15 is 0 Å². The van der Waals surface area contributed by atoms with Gasteiger partial charge in [-0.3, -0.25) is 0 Å². The van der Waals surface area contributed by atoms with Gasteiger partial charge in [-0.25, -0.2) is 0 Å². The quantitative estimate of drug-likeness (QED) is 0.458. The maximum absolute atomic E-state index is 8.42. The second-order valence-electron chi connectivity index (χ2n) is 1.90.